The minimum atomic E-state index is -4.50. The standard InChI is InChI=1S/C18H22ClF3N6O2.HI/c1-23-17(28-4-6-29-15(11-28)12-8-26-27(2)10-12)24-3-5-30-16-14(19)7-13(9-25-16)18(20,21)22;/h7-10,15H,3-6,11H2,1-2H3,(H,23,24);1H. The Kier molecular flexibility index (Phi) is 9.18. The zero-order chi connectivity index (χ0) is 21.7. The normalized spacial score (nSPS) is 17.3. The minimum absolute atomic E-state index is 0. The van der Waals surface area contributed by atoms with E-state index in [1.54, 1.807) is 17.9 Å². The van der Waals surface area contributed by atoms with Gasteiger partial charge in [-0.05, 0) is 6.07 Å². The van der Waals surface area contributed by atoms with Crippen LogP contribution in [0.25, 0.3) is 0 Å². The fourth-order valence-corrected chi connectivity index (χ4v) is 3.20. The summed E-state index contributed by atoms with van der Waals surface area (Å²) in [6, 6.07) is 0.794. The zero-order valence-electron chi connectivity index (χ0n) is 16.9. The predicted octanol–water partition coefficient (Wildman–Crippen LogP) is 3.13. The second-order valence-electron chi connectivity index (χ2n) is 6.58. The molecule has 1 atom stereocenters. The molecule has 3 heterocycles. The molecule has 0 spiro atoms. The van der Waals surface area contributed by atoms with E-state index < -0.39 is 11.7 Å². The van der Waals surface area contributed by atoms with Crippen LogP contribution in [0.3, 0.4) is 0 Å². The van der Waals surface area contributed by atoms with Gasteiger partial charge in [0.25, 0.3) is 0 Å². The maximum Gasteiger partial charge on any atom is 0.417 e. The lowest BCUT2D eigenvalue weighted by Crippen LogP contribution is -2.48. The molecule has 13 heteroatoms. The number of alkyl halides is 3. The van der Waals surface area contributed by atoms with Crippen molar-refractivity contribution < 1.29 is 22.6 Å². The van der Waals surface area contributed by atoms with Crippen LogP contribution in [0.4, 0.5) is 13.2 Å². The van der Waals surface area contributed by atoms with Crippen molar-refractivity contribution in [2.24, 2.45) is 12.0 Å². The van der Waals surface area contributed by atoms with E-state index in [0.717, 1.165) is 11.6 Å². The van der Waals surface area contributed by atoms with Crippen molar-refractivity contribution in [2.75, 3.05) is 39.9 Å². The number of morpholine rings is 1. The molecule has 0 aromatic carbocycles. The number of ether oxygens (including phenoxy) is 2. The smallest absolute Gasteiger partial charge is 0.417 e. The van der Waals surface area contributed by atoms with Crippen molar-refractivity contribution >= 4 is 41.5 Å². The van der Waals surface area contributed by atoms with E-state index in [4.69, 9.17) is 21.1 Å². The highest BCUT2D eigenvalue weighted by Gasteiger charge is 2.31. The largest absolute Gasteiger partial charge is 0.475 e. The number of rotatable bonds is 5. The third kappa shape index (κ3) is 6.84. The second kappa shape index (κ2) is 11.2. The zero-order valence-corrected chi connectivity index (χ0v) is 20.0. The van der Waals surface area contributed by atoms with Crippen LogP contribution in [-0.2, 0) is 18.0 Å². The highest BCUT2D eigenvalue weighted by molar-refractivity contribution is 14.0. The van der Waals surface area contributed by atoms with E-state index >= 15 is 0 Å². The molecule has 1 saturated heterocycles. The Hall–Kier alpha value is -1.80. The van der Waals surface area contributed by atoms with E-state index in [0.29, 0.717) is 38.4 Å². The first kappa shape index (κ1) is 25.5. The lowest BCUT2D eigenvalue weighted by atomic mass is 10.1. The fraction of sp³-hybridized carbons (Fsp3) is 0.500. The van der Waals surface area contributed by atoms with Crippen molar-refractivity contribution in [1.82, 2.24) is 25.0 Å². The molecule has 31 heavy (non-hydrogen) atoms. The summed E-state index contributed by atoms with van der Waals surface area (Å²) in [6.07, 6.45) is -0.232. The summed E-state index contributed by atoms with van der Waals surface area (Å²) in [6.45, 7) is 2.33. The van der Waals surface area contributed by atoms with Gasteiger partial charge in [-0.3, -0.25) is 9.67 Å². The molecule has 172 valence electrons. The Balaban J connectivity index is 0.00000341. The molecule has 2 aromatic rings. The molecule has 0 radical (unpaired) electrons. The van der Waals surface area contributed by atoms with Gasteiger partial charge in [0, 0.05) is 38.6 Å². The van der Waals surface area contributed by atoms with Gasteiger partial charge in [-0.2, -0.15) is 18.3 Å². The van der Waals surface area contributed by atoms with Crippen molar-refractivity contribution in [3.8, 4) is 5.88 Å². The lowest BCUT2D eigenvalue weighted by Gasteiger charge is -2.34. The molecule has 0 saturated carbocycles. The molecule has 1 fully saturated rings. The third-order valence-electron chi connectivity index (χ3n) is 4.43. The average Bonchev–Trinajstić information content (AvgIpc) is 3.15. The highest BCUT2D eigenvalue weighted by atomic mass is 127. The maximum absolute atomic E-state index is 12.7. The van der Waals surface area contributed by atoms with E-state index in [-0.39, 0.29) is 47.6 Å². The van der Waals surface area contributed by atoms with Crippen LogP contribution in [0, 0.1) is 0 Å². The number of pyridine rings is 1. The Labute approximate surface area is 199 Å². The molecule has 3 rings (SSSR count). The molecular formula is C18H23ClF3IN6O2. The number of halogens is 5. The monoisotopic (exact) mass is 574 g/mol. The molecule has 0 amide bonds. The fourth-order valence-electron chi connectivity index (χ4n) is 2.98. The quantitative estimate of drug-likeness (QED) is 0.256. The Morgan fingerprint density at radius 3 is 2.81 bits per heavy atom. The molecule has 8 nitrogen and oxygen atoms in total. The molecule has 1 unspecified atom stereocenters. The number of hydrogen-bond donors (Lipinski definition) is 1. The van der Waals surface area contributed by atoms with E-state index in [9.17, 15) is 13.2 Å². The second-order valence-corrected chi connectivity index (χ2v) is 6.99. The lowest BCUT2D eigenvalue weighted by molar-refractivity contribution is -0.137. The highest BCUT2D eigenvalue weighted by Crippen LogP contribution is 2.33. The molecule has 0 bridgehead atoms. The van der Waals surface area contributed by atoms with Crippen molar-refractivity contribution in [1.29, 1.82) is 0 Å². The van der Waals surface area contributed by atoms with Gasteiger partial charge in [0.2, 0.25) is 5.88 Å². The van der Waals surface area contributed by atoms with Crippen LogP contribution < -0.4 is 10.1 Å². The molecule has 1 N–H and O–H groups in total. The summed E-state index contributed by atoms with van der Waals surface area (Å²) in [5.74, 6) is 0.617. The number of nitrogens with one attached hydrogen (secondary N) is 1. The number of aliphatic imine (C=N–C) groups is 1. The summed E-state index contributed by atoms with van der Waals surface area (Å²) in [4.78, 5) is 9.99. The van der Waals surface area contributed by atoms with Gasteiger partial charge in [0.1, 0.15) is 17.7 Å². The predicted molar refractivity (Wildman–Crippen MR) is 120 cm³/mol. The first-order valence-electron chi connectivity index (χ1n) is 9.19. The van der Waals surface area contributed by atoms with Crippen LogP contribution in [0.2, 0.25) is 5.02 Å². The van der Waals surface area contributed by atoms with Gasteiger partial charge in [0.15, 0.2) is 5.96 Å². The van der Waals surface area contributed by atoms with Crippen LogP contribution in [-0.4, -0.2) is 65.5 Å². The number of hydrogen-bond acceptors (Lipinski definition) is 5. The molecule has 1 aliphatic rings. The van der Waals surface area contributed by atoms with Crippen molar-refractivity contribution in [2.45, 2.75) is 12.3 Å². The van der Waals surface area contributed by atoms with Crippen LogP contribution >= 0.6 is 35.6 Å². The van der Waals surface area contributed by atoms with Crippen molar-refractivity contribution in [3.63, 3.8) is 0 Å². The number of guanidine groups is 1. The Morgan fingerprint density at radius 2 is 2.19 bits per heavy atom. The van der Waals surface area contributed by atoms with Gasteiger partial charge in [0.05, 0.1) is 31.5 Å². The van der Waals surface area contributed by atoms with Gasteiger partial charge >= 0.3 is 6.18 Å². The molecule has 1 aliphatic heterocycles. The molecule has 0 aliphatic carbocycles. The number of aromatic nitrogens is 3. The first-order valence-corrected chi connectivity index (χ1v) is 9.57. The summed E-state index contributed by atoms with van der Waals surface area (Å²) in [5, 5.41) is 7.15. The summed E-state index contributed by atoms with van der Waals surface area (Å²) >= 11 is 5.84. The van der Waals surface area contributed by atoms with E-state index in [2.05, 4.69) is 25.3 Å². The van der Waals surface area contributed by atoms with E-state index in [1.807, 2.05) is 13.2 Å². The summed E-state index contributed by atoms with van der Waals surface area (Å²) < 4.78 is 51.0. The maximum atomic E-state index is 12.7. The van der Waals surface area contributed by atoms with Crippen LogP contribution in [0.15, 0.2) is 29.6 Å². The SMILES string of the molecule is CN=C(NCCOc1ncc(C(F)(F)F)cc1Cl)N1CCOC(c2cnn(C)c2)C1.I. The van der Waals surface area contributed by atoms with E-state index in [1.165, 1.54) is 0 Å². The van der Waals surface area contributed by atoms with Crippen LogP contribution in [0.1, 0.15) is 17.2 Å². The van der Waals surface area contributed by atoms with Crippen LogP contribution in [0.5, 0.6) is 5.88 Å². The van der Waals surface area contributed by atoms with Gasteiger partial charge in [-0.15, -0.1) is 24.0 Å². The summed E-state index contributed by atoms with van der Waals surface area (Å²) in [7, 11) is 3.52. The Bertz CT molecular complexity index is 895. The number of aryl methyl sites for hydroxylation is 1. The summed E-state index contributed by atoms with van der Waals surface area (Å²) in [5.41, 5.74) is 0.0675. The van der Waals surface area contributed by atoms with Gasteiger partial charge in [-0.1, -0.05) is 11.6 Å². The molecule has 2 aromatic heterocycles. The average molecular weight is 575 g/mol. The molecular weight excluding hydrogens is 552 g/mol. The first-order chi connectivity index (χ1) is 14.3. The van der Waals surface area contributed by atoms with Crippen molar-refractivity contribution in [3.05, 3.63) is 40.8 Å². The van der Waals surface area contributed by atoms with Gasteiger partial charge in [-0.25, -0.2) is 4.98 Å². The topological polar surface area (TPSA) is 76.8 Å². The minimum Gasteiger partial charge on any atom is -0.475 e. The third-order valence-corrected chi connectivity index (χ3v) is 4.70. The number of nitrogens with zero attached hydrogens (tertiary/aromatic N) is 5. The van der Waals surface area contributed by atoms with Gasteiger partial charge < -0.3 is 19.7 Å². The Morgan fingerprint density at radius 1 is 1.42 bits per heavy atom.